The Balaban J connectivity index is 1.65. The van der Waals surface area contributed by atoms with E-state index in [-0.39, 0.29) is 24.2 Å². The molecule has 3 N–H and O–H groups in total. The van der Waals surface area contributed by atoms with E-state index in [1.54, 1.807) is 24.3 Å². The number of carbonyl (C=O) groups is 2. The number of benzene rings is 2. The van der Waals surface area contributed by atoms with Gasteiger partial charge in [0, 0.05) is 11.4 Å². The van der Waals surface area contributed by atoms with Crippen molar-refractivity contribution < 1.29 is 19.1 Å². The van der Waals surface area contributed by atoms with Gasteiger partial charge in [-0.1, -0.05) is 0 Å². The molecule has 3 rings (SSSR count). The van der Waals surface area contributed by atoms with Gasteiger partial charge in [-0.3, -0.25) is 14.9 Å². The standard InChI is InChI=1S/C21H24N4O4/c1-3-28-16-9-5-14(6-10-16)22-20(27)18-13-19(26)25-21(24-18)23-15-7-11-17(12-8-15)29-4-2/h5-12,18H,3-4,13H2,1-2H3,(H,22,27)(H2,23,24,25,26). The minimum atomic E-state index is -0.819. The highest BCUT2D eigenvalue weighted by Gasteiger charge is 2.27. The van der Waals surface area contributed by atoms with Crippen LogP contribution in [0.1, 0.15) is 20.3 Å². The Hall–Kier alpha value is -3.55. The first-order chi connectivity index (χ1) is 14.1. The van der Waals surface area contributed by atoms with E-state index in [1.165, 1.54) is 0 Å². The maximum atomic E-state index is 12.6. The zero-order valence-electron chi connectivity index (χ0n) is 16.4. The summed E-state index contributed by atoms with van der Waals surface area (Å²) in [7, 11) is 0. The highest BCUT2D eigenvalue weighted by molar-refractivity contribution is 6.10. The largest absolute Gasteiger partial charge is 0.494 e. The van der Waals surface area contributed by atoms with E-state index in [0.29, 0.717) is 18.9 Å². The second-order valence-corrected chi connectivity index (χ2v) is 6.27. The monoisotopic (exact) mass is 396 g/mol. The molecule has 1 atom stereocenters. The van der Waals surface area contributed by atoms with Crippen molar-refractivity contribution in [2.45, 2.75) is 26.3 Å². The molecule has 0 radical (unpaired) electrons. The van der Waals surface area contributed by atoms with Crippen LogP contribution >= 0.6 is 0 Å². The topological polar surface area (TPSA) is 101 Å². The quantitative estimate of drug-likeness (QED) is 0.668. The Morgan fingerprint density at radius 2 is 1.55 bits per heavy atom. The average Bonchev–Trinajstić information content (AvgIpc) is 2.71. The maximum Gasteiger partial charge on any atom is 0.249 e. The van der Waals surface area contributed by atoms with E-state index in [1.807, 2.05) is 38.1 Å². The third kappa shape index (κ3) is 5.71. The van der Waals surface area contributed by atoms with Gasteiger partial charge in [0.15, 0.2) is 0 Å². The molecular weight excluding hydrogens is 372 g/mol. The molecule has 2 amide bonds. The Labute approximate surface area is 169 Å². The Morgan fingerprint density at radius 3 is 2.10 bits per heavy atom. The lowest BCUT2D eigenvalue weighted by Gasteiger charge is -2.21. The van der Waals surface area contributed by atoms with Crippen LogP contribution in [-0.2, 0) is 9.59 Å². The van der Waals surface area contributed by atoms with Crippen molar-refractivity contribution in [1.29, 1.82) is 0 Å². The molecule has 0 aromatic heterocycles. The highest BCUT2D eigenvalue weighted by atomic mass is 16.5. The molecule has 1 heterocycles. The number of ether oxygens (including phenoxy) is 2. The molecule has 1 unspecified atom stereocenters. The summed E-state index contributed by atoms with van der Waals surface area (Å²) in [6.07, 6.45) is -0.0165. The van der Waals surface area contributed by atoms with Crippen LogP contribution in [0.5, 0.6) is 11.5 Å². The van der Waals surface area contributed by atoms with Gasteiger partial charge >= 0.3 is 0 Å². The zero-order chi connectivity index (χ0) is 20.6. The van der Waals surface area contributed by atoms with Crippen molar-refractivity contribution in [3.63, 3.8) is 0 Å². The van der Waals surface area contributed by atoms with Gasteiger partial charge in [-0.25, -0.2) is 4.99 Å². The number of aliphatic imine (C=N–C) groups is 1. The number of hydrogen-bond acceptors (Lipinski definition) is 6. The summed E-state index contributed by atoms with van der Waals surface area (Å²) in [5, 5.41) is 8.45. The van der Waals surface area contributed by atoms with Crippen LogP contribution in [0.2, 0.25) is 0 Å². The van der Waals surface area contributed by atoms with Crippen molar-refractivity contribution >= 4 is 29.1 Å². The summed E-state index contributed by atoms with van der Waals surface area (Å²) in [5.74, 6) is 1.08. The lowest BCUT2D eigenvalue weighted by Crippen LogP contribution is -2.45. The highest BCUT2D eigenvalue weighted by Crippen LogP contribution is 2.18. The zero-order valence-corrected chi connectivity index (χ0v) is 16.4. The Morgan fingerprint density at radius 1 is 1.00 bits per heavy atom. The van der Waals surface area contributed by atoms with Gasteiger partial charge in [-0.05, 0) is 62.4 Å². The molecule has 2 aromatic rings. The molecule has 8 heteroatoms. The summed E-state index contributed by atoms with van der Waals surface area (Å²) < 4.78 is 10.8. The van der Waals surface area contributed by atoms with Gasteiger partial charge in [0.25, 0.3) is 0 Å². The fraction of sp³-hybridized carbons (Fsp3) is 0.286. The fourth-order valence-corrected chi connectivity index (χ4v) is 2.77. The van der Waals surface area contributed by atoms with Gasteiger partial charge in [0.2, 0.25) is 17.8 Å². The average molecular weight is 396 g/mol. The van der Waals surface area contributed by atoms with E-state index in [2.05, 4.69) is 20.9 Å². The summed E-state index contributed by atoms with van der Waals surface area (Å²) in [6.45, 7) is 4.97. The van der Waals surface area contributed by atoms with E-state index < -0.39 is 6.04 Å². The minimum Gasteiger partial charge on any atom is -0.494 e. The molecule has 0 bridgehead atoms. The van der Waals surface area contributed by atoms with Crippen molar-refractivity contribution in [2.24, 2.45) is 4.99 Å². The number of hydrogen-bond donors (Lipinski definition) is 3. The number of rotatable bonds is 7. The number of anilines is 2. The van der Waals surface area contributed by atoms with Crippen molar-refractivity contribution in [1.82, 2.24) is 5.32 Å². The van der Waals surface area contributed by atoms with Crippen LogP contribution < -0.4 is 25.4 Å². The predicted molar refractivity (Wildman–Crippen MR) is 111 cm³/mol. The smallest absolute Gasteiger partial charge is 0.249 e. The lowest BCUT2D eigenvalue weighted by molar-refractivity contribution is -0.124. The molecule has 29 heavy (non-hydrogen) atoms. The Bertz CT molecular complexity index is 879. The SMILES string of the molecule is CCOc1ccc(NC(=O)C2CC(=O)NC(Nc3ccc(OCC)cc3)=N2)cc1. The normalized spacial score (nSPS) is 15.7. The predicted octanol–water partition coefficient (Wildman–Crippen LogP) is 2.78. The van der Waals surface area contributed by atoms with Gasteiger partial charge in [-0.15, -0.1) is 0 Å². The Kier molecular flexibility index (Phi) is 6.67. The number of nitrogens with one attached hydrogen (secondary N) is 3. The first-order valence-electron chi connectivity index (χ1n) is 9.48. The molecular formula is C21H24N4O4. The molecule has 0 spiro atoms. The first-order valence-corrected chi connectivity index (χ1v) is 9.48. The van der Waals surface area contributed by atoms with Crippen LogP contribution in [0.3, 0.4) is 0 Å². The van der Waals surface area contributed by atoms with Crippen LogP contribution in [0.4, 0.5) is 11.4 Å². The molecule has 0 saturated heterocycles. The summed E-state index contributed by atoms with van der Waals surface area (Å²) >= 11 is 0. The summed E-state index contributed by atoms with van der Waals surface area (Å²) in [6, 6.07) is 13.5. The van der Waals surface area contributed by atoms with Crippen molar-refractivity contribution in [3.05, 3.63) is 48.5 Å². The van der Waals surface area contributed by atoms with Gasteiger partial charge in [0.1, 0.15) is 17.5 Å². The maximum absolute atomic E-state index is 12.6. The van der Waals surface area contributed by atoms with Crippen molar-refractivity contribution in [3.8, 4) is 11.5 Å². The molecule has 0 aliphatic carbocycles. The third-order valence-corrected chi connectivity index (χ3v) is 4.09. The summed E-state index contributed by atoms with van der Waals surface area (Å²) in [4.78, 5) is 28.9. The van der Waals surface area contributed by atoms with E-state index >= 15 is 0 Å². The molecule has 152 valence electrons. The lowest BCUT2D eigenvalue weighted by atomic mass is 10.1. The fourth-order valence-electron chi connectivity index (χ4n) is 2.77. The van der Waals surface area contributed by atoms with Gasteiger partial charge in [0.05, 0.1) is 19.6 Å². The molecule has 0 saturated carbocycles. The molecule has 1 aliphatic heterocycles. The second-order valence-electron chi connectivity index (χ2n) is 6.27. The van der Waals surface area contributed by atoms with Crippen molar-refractivity contribution in [2.75, 3.05) is 23.8 Å². The summed E-state index contributed by atoms with van der Waals surface area (Å²) in [5.41, 5.74) is 1.33. The van der Waals surface area contributed by atoms with Crippen LogP contribution in [0.15, 0.2) is 53.5 Å². The number of nitrogens with zero attached hydrogens (tertiary/aromatic N) is 1. The van der Waals surface area contributed by atoms with Gasteiger partial charge in [-0.2, -0.15) is 0 Å². The molecule has 2 aromatic carbocycles. The molecule has 8 nitrogen and oxygen atoms in total. The van der Waals surface area contributed by atoms with Crippen LogP contribution in [0, 0.1) is 0 Å². The number of guanidine groups is 1. The number of amides is 2. The second kappa shape index (κ2) is 9.59. The third-order valence-electron chi connectivity index (χ3n) is 4.09. The van der Waals surface area contributed by atoms with E-state index in [4.69, 9.17) is 9.47 Å². The molecule has 1 aliphatic rings. The van der Waals surface area contributed by atoms with Crippen LogP contribution in [-0.4, -0.2) is 37.0 Å². The molecule has 0 fully saturated rings. The first kappa shape index (κ1) is 20.2. The van der Waals surface area contributed by atoms with E-state index in [9.17, 15) is 9.59 Å². The number of carbonyl (C=O) groups excluding carboxylic acids is 2. The van der Waals surface area contributed by atoms with E-state index in [0.717, 1.165) is 17.2 Å². The van der Waals surface area contributed by atoms with Crippen LogP contribution in [0.25, 0.3) is 0 Å². The minimum absolute atomic E-state index is 0.0165. The van der Waals surface area contributed by atoms with Gasteiger partial charge < -0.3 is 20.1 Å².